The summed E-state index contributed by atoms with van der Waals surface area (Å²) in [7, 11) is 1.79. The fourth-order valence-corrected chi connectivity index (χ4v) is 4.48. The fourth-order valence-electron chi connectivity index (χ4n) is 4.48. The lowest BCUT2D eigenvalue weighted by atomic mass is 10.1. The molecule has 2 heterocycles. The van der Waals surface area contributed by atoms with Crippen molar-refractivity contribution in [1.82, 2.24) is 9.88 Å². The molecule has 40 heavy (non-hydrogen) atoms. The van der Waals surface area contributed by atoms with E-state index in [1.807, 2.05) is 59.5 Å². The minimum Gasteiger partial charge on any atom is -0.366 e. The zero-order valence-electron chi connectivity index (χ0n) is 22.1. The van der Waals surface area contributed by atoms with Crippen molar-refractivity contribution in [1.29, 1.82) is 0 Å². The van der Waals surface area contributed by atoms with Gasteiger partial charge in [-0.15, -0.1) is 0 Å². The van der Waals surface area contributed by atoms with Gasteiger partial charge in [0.05, 0.1) is 17.9 Å². The third-order valence-corrected chi connectivity index (χ3v) is 6.66. The summed E-state index contributed by atoms with van der Waals surface area (Å²) >= 11 is 0. The van der Waals surface area contributed by atoms with Crippen molar-refractivity contribution in [2.75, 3.05) is 47.5 Å². The van der Waals surface area contributed by atoms with Crippen LogP contribution in [0.3, 0.4) is 0 Å². The minimum absolute atomic E-state index is 0.319. The maximum atomic E-state index is 14.2. The third-order valence-electron chi connectivity index (χ3n) is 6.66. The first-order valence-electron chi connectivity index (χ1n) is 12.9. The summed E-state index contributed by atoms with van der Waals surface area (Å²) < 4.78 is 28.0. The average molecular weight is 541 g/mol. The SMILES string of the molecule is C=CC(=O)Nc1cccc(-c2nc(Nc3ccc(N4CCN(C)C(F)C4)cc3)ccc2Nc2cccc(F)c2)c1. The van der Waals surface area contributed by atoms with Gasteiger partial charge < -0.3 is 20.9 Å². The van der Waals surface area contributed by atoms with Crippen molar-refractivity contribution in [3.63, 3.8) is 0 Å². The van der Waals surface area contributed by atoms with Gasteiger partial charge in [-0.05, 0) is 79.9 Å². The molecule has 1 amide bonds. The summed E-state index contributed by atoms with van der Waals surface area (Å²) in [6.07, 6.45) is 0.217. The van der Waals surface area contributed by atoms with Gasteiger partial charge in [-0.2, -0.15) is 0 Å². The number of halogens is 2. The number of nitrogens with zero attached hydrogens (tertiary/aromatic N) is 3. The Hall–Kier alpha value is -4.76. The van der Waals surface area contributed by atoms with E-state index in [-0.39, 0.29) is 11.7 Å². The largest absolute Gasteiger partial charge is 0.366 e. The molecule has 1 saturated heterocycles. The van der Waals surface area contributed by atoms with Gasteiger partial charge in [0.1, 0.15) is 11.6 Å². The number of amides is 1. The maximum Gasteiger partial charge on any atom is 0.247 e. The average Bonchev–Trinajstić information content (AvgIpc) is 2.96. The van der Waals surface area contributed by atoms with Crippen molar-refractivity contribution in [2.24, 2.45) is 0 Å². The van der Waals surface area contributed by atoms with Crippen molar-refractivity contribution in [3.05, 3.63) is 103 Å². The number of aromatic nitrogens is 1. The molecule has 0 saturated carbocycles. The van der Waals surface area contributed by atoms with Gasteiger partial charge >= 0.3 is 0 Å². The van der Waals surface area contributed by atoms with Crippen LogP contribution < -0.4 is 20.9 Å². The van der Waals surface area contributed by atoms with Gasteiger partial charge in [0.2, 0.25) is 5.91 Å². The maximum absolute atomic E-state index is 14.2. The van der Waals surface area contributed by atoms with Gasteiger partial charge in [0, 0.05) is 41.4 Å². The highest BCUT2D eigenvalue weighted by Crippen LogP contribution is 2.33. The lowest BCUT2D eigenvalue weighted by Gasteiger charge is -2.36. The predicted octanol–water partition coefficient (Wildman–Crippen LogP) is 6.55. The van der Waals surface area contributed by atoms with Crippen LogP contribution in [0, 0.1) is 5.82 Å². The van der Waals surface area contributed by atoms with Crippen LogP contribution in [0.25, 0.3) is 11.3 Å². The second-order valence-corrected chi connectivity index (χ2v) is 9.54. The molecule has 0 radical (unpaired) electrons. The zero-order valence-corrected chi connectivity index (χ0v) is 22.1. The number of rotatable bonds is 8. The Bertz CT molecular complexity index is 1510. The lowest BCUT2D eigenvalue weighted by Crippen LogP contribution is -2.49. The summed E-state index contributed by atoms with van der Waals surface area (Å²) in [6, 6.07) is 25.0. The molecule has 9 heteroatoms. The van der Waals surface area contributed by atoms with Gasteiger partial charge in [-0.1, -0.05) is 24.8 Å². The first-order valence-corrected chi connectivity index (χ1v) is 12.9. The van der Waals surface area contributed by atoms with Crippen LogP contribution in [-0.4, -0.2) is 48.8 Å². The molecule has 7 nitrogen and oxygen atoms in total. The number of hydrogen-bond donors (Lipinski definition) is 3. The van der Waals surface area contributed by atoms with E-state index in [4.69, 9.17) is 4.98 Å². The van der Waals surface area contributed by atoms with E-state index in [2.05, 4.69) is 22.5 Å². The molecule has 1 aliphatic heterocycles. The molecule has 0 spiro atoms. The Morgan fingerprint density at radius 3 is 2.48 bits per heavy atom. The molecule has 0 bridgehead atoms. The van der Waals surface area contributed by atoms with E-state index >= 15 is 0 Å². The number of alkyl halides is 1. The third kappa shape index (κ3) is 6.44. The minimum atomic E-state index is -0.989. The molecule has 1 unspecified atom stereocenters. The summed E-state index contributed by atoms with van der Waals surface area (Å²) in [6.45, 7) is 5.27. The van der Waals surface area contributed by atoms with E-state index in [1.165, 1.54) is 18.2 Å². The monoisotopic (exact) mass is 540 g/mol. The van der Waals surface area contributed by atoms with Gasteiger partial charge in [-0.25, -0.2) is 13.8 Å². The summed E-state index contributed by atoms with van der Waals surface area (Å²) in [5.41, 5.74) is 4.97. The Morgan fingerprint density at radius 1 is 0.950 bits per heavy atom. The molecule has 5 rings (SSSR count). The topological polar surface area (TPSA) is 72.5 Å². The Labute approximate surface area is 232 Å². The number of carbonyl (C=O) groups excluding carboxylic acids is 1. The molecule has 3 N–H and O–H groups in total. The number of pyridine rings is 1. The molecule has 0 aliphatic carbocycles. The summed E-state index contributed by atoms with van der Waals surface area (Å²) in [5.74, 6) is -0.0776. The van der Waals surface area contributed by atoms with Crippen molar-refractivity contribution >= 4 is 40.2 Å². The van der Waals surface area contributed by atoms with Gasteiger partial charge in [0.25, 0.3) is 0 Å². The molecule has 1 fully saturated rings. The fraction of sp³-hybridized carbons (Fsp3) is 0.161. The molecular weight excluding hydrogens is 510 g/mol. The number of carbonyl (C=O) groups is 1. The van der Waals surface area contributed by atoms with E-state index in [1.54, 1.807) is 30.1 Å². The van der Waals surface area contributed by atoms with Crippen LogP contribution >= 0.6 is 0 Å². The van der Waals surface area contributed by atoms with Gasteiger partial charge in [-0.3, -0.25) is 9.69 Å². The molecule has 4 aromatic rings. The summed E-state index contributed by atoms with van der Waals surface area (Å²) in [4.78, 5) is 20.5. The number of benzene rings is 3. The molecule has 1 aliphatic rings. The van der Waals surface area contributed by atoms with E-state index < -0.39 is 6.30 Å². The van der Waals surface area contributed by atoms with Gasteiger partial charge in [0.15, 0.2) is 6.30 Å². The highest BCUT2D eigenvalue weighted by atomic mass is 19.1. The number of anilines is 6. The van der Waals surface area contributed by atoms with Crippen LogP contribution in [0.1, 0.15) is 0 Å². The second-order valence-electron chi connectivity index (χ2n) is 9.54. The van der Waals surface area contributed by atoms with E-state index in [0.29, 0.717) is 41.7 Å². The van der Waals surface area contributed by atoms with E-state index in [9.17, 15) is 13.6 Å². The molecule has 1 atom stereocenters. The quantitative estimate of drug-likeness (QED) is 0.174. The number of likely N-dealkylation sites (N-methyl/N-ethyl adjacent to an activating group) is 1. The Kier molecular flexibility index (Phi) is 8.02. The van der Waals surface area contributed by atoms with Crippen molar-refractivity contribution in [3.8, 4) is 11.3 Å². The zero-order chi connectivity index (χ0) is 28.1. The highest BCUT2D eigenvalue weighted by Gasteiger charge is 2.23. The van der Waals surface area contributed by atoms with Crippen molar-refractivity contribution in [2.45, 2.75) is 6.30 Å². The smallest absolute Gasteiger partial charge is 0.247 e. The summed E-state index contributed by atoms with van der Waals surface area (Å²) in [5, 5.41) is 9.35. The van der Waals surface area contributed by atoms with Crippen LogP contribution in [0.2, 0.25) is 0 Å². The van der Waals surface area contributed by atoms with E-state index in [0.717, 1.165) is 23.5 Å². The molecular formula is C31H30F2N6O. The second kappa shape index (κ2) is 12.0. The normalized spacial score (nSPS) is 15.4. The molecule has 204 valence electrons. The molecule has 1 aromatic heterocycles. The Balaban J connectivity index is 1.42. The first kappa shape index (κ1) is 26.8. The highest BCUT2D eigenvalue weighted by molar-refractivity contribution is 5.99. The standard InChI is InChI=1S/C31H30F2N6O/c1-3-30(40)36-24-8-4-6-21(18-24)31-27(34-25-9-5-7-22(32)19-25)14-15-29(37-31)35-23-10-12-26(13-11-23)39-17-16-38(2)28(33)20-39/h3-15,18-19,28,34H,1,16-17,20H2,2H3,(H,35,37)(H,36,40). The van der Waals surface area contributed by atoms with Crippen LogP contribution in [-0.2, 0) is 4.79 Å². The molecule has 3 aromatic carbocycles. The number of hydrogen-bond acceptors (Lipinski definition) is 6. The van der Waals surface area contributed by atoms with Crippen LogP contribution in [0.15, 0.2) is 97.6 Å². The first-order chi connectivity index (χ1) is 19.4. The lowest BCUT2D eigenvalue weighted by molar-refractivity contribution is -0.111. The number of piperazine rings is 1. The number of nitrogens with one attached hydrogen (secondary N) is 3. The van der Waals surface area contributed by atoms with Crippen molar-refractivity contribution < 1.29 is 13.6 Å². The van der Waals surface area contributed by atoms with Crippen LogP contribution in [0.4, 0.5) is 43.0 Å². The van der Waals surface area contributed by atoms with Crippen LogP contribution in [0.5, 0.6) is 0 Å². The predicted molar refractivity (Wildman–Crippen MR) is 158 cm³/mol. The Morgan fingerprint density at radius 2 is 1.73 bits per heavy atom.